The fraction of sp³-hybridized carbons (Fsp3) is 0.556. The largest absolute Gasteiger partial charge is 0.311 e. The van der Waals surface area contributed by atoms with Crippen molar-refractivity contribution in [3.63, 3.8) is 0 Å². The number of nitrogens with one attached hydrogen (secondary N) is 1. The van der Waals surface area contributed by atoms with Gasteiger partial charge >= 0.3 is 0 Å². The number of rotatable bonds is 6. The molecule has 0 aromatic carbocycles. The van der Waals surface area contributed by atoms with Crippen molar-refractivity contribution in [2.24, 2.45) is 0 Å². The second kappa shape index (κ2) is 6.11. The zero-order valence-corrected chi connectivity index (χ0v) is 12.5. The summed E-state index contributed by atoms with van der Waals surface area (Å²) in [7, 11) is 0.00677. The maximum absolute atomic E-state index is 11.4. The van der Waals surface area contributed by atoms with Gasteiger partial charge in [0, 0.05) is 36.5 Å². The van der Waals surface area contributed by atoms with Gasteiger partial charge in [-0.15, -0.1) is 11.3 Å². The van der Waals surface area contributed by atoms with Crippen molar-refractivity contribution in [3.8, 4) is 0 Å². The van der Waals surface area contributed by atoms with E-state index in [1.807, 2.05) is 11.4 Å². The number of nitrogens with zero attached hydrogens (tertiary/aromatic N) is 1. The molecule has 0 saturated heterocycles. The van der Waals surface area contributed by atoms with E-state index in [0.29, 0.717) is 13.1 Å². The van der Waals surface area contributed by atoms with Crippen LogP contribution in [0, 0.1) is 0 Å². The van der Waals surface area contributed by atoms with Crippen molar-refractivity contribution in [3.05, 3.63) is 20.8 Å². The molecule has 1 aromatic heterocycles. The Morgan fingerprint density at radius 1 is 1.50 bits per heavy atom. The van der Waals surface area contributed by atoms with E-state index in [-0.39, 0.29) is 5.75 Å². The summed E-state index contributed by atoms with van der Waals surface area (Å²) in [5.74, 6) is 0.128. The molecular weight excluding hydrogens is 312 g/mol. The van der Waals surface area contributed by atoms with E-state index < -0.39 is 10.0 Å². The maximum Gasteiger partial charge on any atom is 0.214 e. The molecular formula is C9H15BrN2O2S2. The number of hydrogen-bond donors (Lipinski definition) is 1. The van der Waals surface area contributed by atoms with E-state index in [9.17, 15) is 8.42 Å². The Hall–Kier alpha value is 0.0500. The summed E-state index contributed by atoms with van der Waals surface area (Å²) in [4.78, 5) is 1.18. The molecule has 0 bridgehead atoms. The molecule has 0 atom stereocenters. The normalized spacial score (nSPS) is 12.2. The molecule has 7 heteroatoms. The quantitative estimate of drug-likeness (QED) is 0.806. The second-order valence-corrected chi connectivity index (χ2v) is 7.62. The van der Waals surface area contributed by atoms with E-state index in [1.165, 1.54) is 9.18 Å². The van der Waals surface area contributed by atoms with E-state index in [4.69, 9.17) is 0 Å². The molecule has 0 radical (unpaired) electrons. The first-order chi connectivity index (χ1) is 7.43. The van der Waals surface area contributed by atoms with Crippen molar-refractivity contribution >= 4 is 37.3 Å². The van der Waals surface area contributed by atoms with Gasteiger partial charge in [-0.3, -0.25) is 0 Å². The smallest absolute Gasteiger partial charge is 0.214 e. The van der Waals surface area contributed by atoms with Crippen LogP contribution in [0.15, 0.2) is 15.9 Å². The van der Waals surface area contributed by atoms with E-state index in [2.05, 4.69) is 21.2 Å². The molecule has 0 amide bonds. The van der Waals surface area contributed by atoms with Crippen molar-refractivity contribution < 1.29 is 8.42 Å². The first-order valence-electron chi connectivity index (χ1n) is 4.76. The minimum Gasteiger partial charge on any atom is -0.311 e. The van der Waals surface area contributed by atoms with Gasteiger partial charge in [-0.1, -0.05) is 0 Å². The van der Waals surface area contributed by atoms with Crippen LogP contribution in [0.2, 0.25) is 0 Å². The number of hydrogen-bond acceptors (Lipinski definition) is 4. The van der Waals surface area contributed by atoms with Gasteiger partial charge in [-0.2, -0.15) is 0 Å². The summed E-state index contributed by atoms with van der Waals surface area (Å²) in [6.45, 7) is 1.16. The number of sulfonamides is 1. The minimum atomic E-state index is -3.09. The molecule has 0 saturated carbocycles. The van der Waals surface area contributed by atoms with Gasteiger partial charge in [-0.05, 0) is 27.4 Å². The number of thiophene rings is 1. The Morgan fingerprint density at radius 2 is 2.19 bits per heavy atom. The molecule has 16 heavy (non-hydrogen) atoms. The van der Waals surface area contributed by atoms with Gasteiger partial charge in [0.2, 0.25) is 10.0 Å². The van der Waals surface area contributed by atoms with Gasteiger partial charge in [0.15, 0.2) is 0 Å². The van der Waals surface area contributed by atoms with Crippen LogP contribution >= 0.6 is 27.3 Å². The summed E-state index contributed by atoms with van der Waals surface area (Å²) >= 11 is 5.07. The Bertz CT molecular complexity index is 428. The van der Waals surface area contributed by atoms with Crippen LogP contribution in [-0.2, 0) is 16.6 Å². The monoisotopic (exact) mass is 326 g/mol. The molecule has 0 aliphatic heterocycles. The predicted molar refractivity (Wildman–Crippen MR) is 71.2 cm³/mol. The fourth-order valence-electron chi connectivity index (χ4n) is 1.04. The Morgan fingerprint density at radius 3 is 2.69 bits per heavy atom. The van der Waals surface area contributed by atoms with Crippen LogP contribution in [0.3, 0.4) is 0 Å². The highest BCUT2D eigenvalue weighted by Crippen LogP contribution is 2.21. The first kappa shape index (κ1) is 14.1. The summed E-state index contributed by atoms with van der Waals surface area (Å²) in [6.07, 6.45) is 0. The van der Waals surface area contributed by atoms with Gasteiger partial charge in [0.25, 0.3) is 0 Å². The molecule has 1 N–H and O–H groups in total. The van der Waals surface area contributed by atoms with Crippen molar-refractivity contribution in [1.82, 2.24) is 9.62 Å². The van der Waals surface area contributed by atoms with E-state index >= 15 is 0 Å². The molecule has 0 spiro atoms. The average Bonchev–Trinajstić information content (AvgIpc) is 2.59. The third kappa shape index (κ3) is 4.14. The molecule has 0 aliphatic carbocycles. The van der Waals surface area contributed by atoms with Crippen LogP contribution in [0.1, 0.15) is 4.88 Å². The van der Waals surface area contributed by atoms with Gasteiger partial charge in [-0.25, -0.2) is 12.7 Å². The SMILES string of the molecule is CN(C)S(=O)(=O)CCNCc1sccc1Br. The lowest BCUT2D eigenvalue weighted by Gasteiger charge is -2.11. The molecule has 0 aliphatic rings. The van der Waals surface area contributed by atoms with Crippen LogP contribution in [0.5, 0.6) is 0 Å². The van der Waals surface area contributed by atoms with Gasteiger partial charge in [0.05, 0.1) is 5.75 Å². The Labute approximate surface area is 109 Å². The van der Waals surface area contributed by atoms with E-state index in [1.54, 1.807) is 25.4 Å². The van der Waals surface area contributed by atoms with Crippen LogP contribution < -0.4 is 5.32 Å². The molecule has 92 valence electrons. The van der Waals surface area contributed by atoms with Crippen molar-refractivity contribution in [2.75, 3.05) is 26.4 Å². The van der Waals surface area contributed by atoms with Crippen LogP contribution in [-0.4, -0.2) is 39.1 Å². The van der Waals surface area contributed by atoms with Crippen LogP contribution in [0.25, 0.3) is 0 Å². The Kier molecular flexibility index (Phi) is 5.39. The first-order valence-corrected chi connectivity index (χ1v) is 8.04. The van der Waals surface area contributed by atoms with Crippen molar-refractivity contribution in [2.45, 2.75) is 6.54 Å². The lowest BCUT2D eigenvalue weighted by Crippen LogP contribution is -2.30. The third-order valence-electron chi connectivity index (χ3n) is 2.07. The molecule has 4 nitrogen and oxygen atoms in total. The molecule has 0 fully saturated rings. The van der Waals surface area contributed by atoms with Gasteiger partial charge < -0.3 is 5.32 Å². The zero-order chi connectivity index (χ0) is 12.2. The fourth-order valence-corrected chi connectivity index (χ4v) is 3.27. The molecule has 0 unspecified atom stereocenters. The molecule has 1 aromatic rings. The molecule has 1 heterocycles. The second-order valence-electron chi connectivity index (χ2n) is 3.47. The summed E-state index contributed by atoms with van der Waals surface area (Å²) in [5.41, 5.74) is 0. The number of halogens is 1. The highest BCUT2D eigenvalue weighted by molar-refractivity contribution is 9.10. The lowest BCUT2D eigenvalue weighted by molar-refractivity contribution is 0.517. The van der Waals surface area contributed by atoms with Crippen molar-refractivity contribution in [1.29, 1.82) is 0 Å². The van der Waals surface area contributed by atoms with E-state index in [0.717, 1.165) is 4.47 Å². The highest BCUT2D eigenvalue weighted by atomic mass is 79.9. The average molecular weight is 327 g/mol. The lowest BCUT2D eigenvalue weighted by atomic mass is 10.4. The molecule has 1 rings (SSSR count). The summed E-state index contributed by atoms with van der Waals surface area (Å²) in [6, 6.07) is 1.98. The van der Waals surface area contributed by atoms with Crippen LogP contribution in [0.4, 0.5) is 0 Å². The highest BCUT2D eigenvalue weighted by Gasteiger charge is 2.12. The Balaban J connectivity index is 2.30. The maximum atomic E-state index is 11.4. The standard InChI is InChI=1S/C9H15BrN2O2S2/c1-12(2)16(13,14)6-4-11-7-9-8(10)3-5-15-9/h3,5,11H,4,6-7H2,1-2H3. The summed E-state index contributed by atoms with van der Waals surface area (Å²) in [5, 5.41) is 5.11. The third-order valence-corrected chi connectivity index (χ3v) is 5.83. The summed E-state index contributed by atoms with van der Waals surface area (Å²) < 4.78 is 25.2. The zero-order valence-electron chi connectivity index (χ0n) is 9.23. The topological polar surface area (TPSA) is 49.4 Å². The predicted octanol–water partition coefficient (Wildman–Crippen LogP) is 1.49. The van der Waals surface area contributed by atoms with Gasteiger partial charge in [0.1, 0.15) is 0 Å². The minimum absolute atomic E-state index is 0.128.